The molecule has 0 spiro atoms. The number of carboxylic acids is 1. The van der Waals surface area contributed by atoms with Crippen LogP contribution in [0.2, 0.25) is 10.0 Å². The minimum Gasteiger partial charge on any atom is -0.504 e. The number of aromatic nitrogens is 7. The summed E-state index contributed by atoms with van der Waals surface area (Å²) in [6, 6.07) is 39.9. The SMILES string of the molecule is COc1cc2c(Nc3ccc(F)c(Cl)c3)ncnc2cc1OCCOCCN.COc1cc2c(Nc3ccc(F)c(Cl)c3)ncnc2cc1OCCOCCNC(=O)COc1ccc(Cn2c(=O)oc3ccc(C)cc32)cc1O.Cc1ccc2oc(=O)n(Cc3ccc(OCC(=O)O)c(O)c3)c2c1.c1cc(N2CCCC2)ccn1. The number of pyridine rings is 1. The van der Waals surface area contributed by atoms with Gasteiger partial charge in [-0.3, -0.25) is 18.9 Å². The summed E-state index contributed by atoms with van der Waals surface area (Å²) in [5.41, 5.74) is 14.7. The fourth-order valence-corrected chi connectivity index (χ4v) is 12.1. The Kier molecular flexibility index (Phi) is 28.8. The number of anilines is 5. The van der Waals surface area contributed by atoms with Crippen LogP contribution in [0.15, 0.2) is 189 Å². The third kappa shape index (κ3) is 22.3. The van der Waals surface area contributed by atoms with Crippen molar-refractivity contribution in [1.82, 2.24) is 39.4 Å². The highest BCUT2D eigenvalue weighted by Gasteiger charge is 2.19. The van der Waals surface area contributed by atoms with Crippen molar-refractivity contribution in [3.63, 3.8) is 0 Å². The molecule has 0 atom stereocenters. The number of hydrogen-bond acceptors (Lipinski definition) is 25. The number of aromatic hydroxyl groups is 2. The Balaban J connectivity index is 0.000000170. The predicted molar refractivity (Wildman–Crippen MR) is 425 cm³/mol. The summed E-state index contributed by atoms with van der Waals surface area (Å²) in [5.74, 6) is -0.705. The number of halogens is 4. The zero-order chi connectivity index (χ0) is 80.6. The Morgan fingerprint density at radius 3 is 1.48 bits per heavy atom. The van der Waals surface area contributed by atoms with E-state index in [-0.39, 0.29) is 79.1 Å². The number of phenols is 2. The molecule has 33 heteroatoms. The lowest BCUT2D eigenvalue weighted by Crippen LogP contribution is -2.32. The Hall–Kier alpha value is -12.8. The molecule has 29 nitrogen and oxygen atoms in total. The molecule has 1 fully saturated rings. The average Bonchev–Trinajstić information content (AvgIpc) is 0.970. The number of amides is 1. The average molecular weight is 1600 g/mol. The lowest BCUT2D eigenvalue weighted by Gasteiger charge is -2.16. The summed E-state index contributed by atoms with van der Waals surface area (Å²) in [6.45, 7) is 8.40. The molecule has 1 saturated heterocycles. The number of aryl methyl sites for hydroxylation is 2. The van der Waals surface area contributed by atoms with Gasteiger partial charge in [0.1, 0.15) is 49.1 Å². The van der Waals surface area contributed by atoms with Gasteiger partial charge in [0.2, 0.25) is 0 Å². The molecule has 8 aromatic carbocycles. The second-order valence-corrected chi connectivity index (χ2v) is 26.2. The highest BCUT2D eigenvalue weighted by molar-refractivity contribution is 6.31. The first-order chi connectivity index (χ1) is 55.2. The number of aliphatic carboxylic acids is 1. The summed E-state index contributed by atoms with van der Waals surface area (Å²) >= 11 is 11.8. The molecule has 0 aliphatic carbocycles. The quantitative estimate of drug-likeness (QED) is 0.0206. The second-order valence-electron chi connectivity index (χ2n) is 25.4. The number of nitrogens with zero attached hydrogens (tertiary/aromatic N) is 8. The summed E-state index contributed by atoms with van der Waals surface area (Å²) in [6.07, 6.45) is 9.20. The standard InChI is InChI=1S/C36H33ClFN5O8.C19H20ClFN4O3.C17H15NO6.C9H12N2/c1-21-3-7-30-28(13-21)43(36(46)51-30)18-22-4-8-31(29(44)14-22)50-19-34(45)39-9-10-48-11-12-49-33-17-27-24(16-32(33)47-2)35(41-20-40-27)42-23-5-6-26(38)25(37)15-23;1-26-17-9-13-16(10-18(17)28-7-6-27-5-4-22)23-11-24-19(13)25-12-2-3-15(21)14(20)8-12;1-10-2-4-14-12(6-10)18(17(22)24-14)8-11-3-5-15(13(19)7-11)23-9-16(20)21;1-2-8-11(7-1)9-3-5-10-6-4-9/h3-8,13-17,20,44H,9-12,18-19H2,1-2H3,(H,39,45)(H,40,41,42);2-3,8-11H,4-7,22H2,1H3,(H,23,24,25);2-7,19H,8-9H2,1H3,(H,20,21);3-6H,1-2,7-8H2. The number of methoxy groups -OCH3 is 2. The van der Waals surface area contributed by atoms with Crippen LogP contribution in [0.5, 0.6) is 46.0 Å². The Morgan fingerprint density at radius 2 is 1.03 bits per heavy atom. The molecule has 8 N–H and O–H groups in total. The van der Waals surface area contributed by atoms with E-state index >= 15 is 0 Å². The van der Waals surface area contributed by atoms with E-state index in [1.165, 1.54) is 109 Å². The molecule has 5 aromatic heterocycles. The number of phenolic OH excluding ortho intramolecular Hbond substituents is 2. The lowest BCUT2D eigenvalue weighted by molar-refractivity contribution is -0.139. The van der Waals surface area contributed by atoms with E-state index in [1.54, 1.807) is 67.8 Å². The molecule has 1 amide bonds. The van der Waals surface area contributed by atoms with Crippen molar-refractivity contribution >= 4 is 108 Å². The molecule has 0 unspecified atom stereocenters. The van der Waals surface area contributed by atoms with Crippen LogP contribution in [0.1, 0.15) is 35.1 Å². The summed E-state index contributed by atoms with van der Waals surface area (Å²) < 4.78 is 84.3. The molecular weight excluding hydrogens is 1520 g/mol. The van der Waals surface area contributed by atoms with E-state index < -0.39 is 41.6 Å². The molecule has 0 saturated carbocycles. The van der Waals surface area contributed by atoms with Crippen molar-refractivity contribution in [2.75, 3.05) is 109 Å². The lowest BCUT2D eigenvalue weighted by atomic mass is 10.2. The number of benzene rings is 8. The molecule has 6 heterocycles. The van der Waals surface area contributed by atoms with Crippen molar-refractivity contribution in [2.24, 2.45) is 5.73 Å². The van der Waals surface area contributed by atoms with Crippen LogP contribution in [0.25, 0.3) is 44.0 Å². The molecule has 594 valence electrons. The third-order valence-electron chi connectivity index (χ3n) is 17.2. The van der Waals surface area contributed by atoms with E-state index in [2.05, 4.69) is 57.9 Å². The minimum atomic E-state index is -1.13. The normalized spacial score (nSPS) is 11.6. The Labute approximate surface area is 660 Å². The number of ether oxygens (including phenoxy) is 8. The van der Waals surface area contributed by atoms with Gasteiger partial charge in [-0.1, -0.05) is 47.5 Å². The predicted octanol–water partition coefficient (Wildman–Crippen LogP) is 13.1. The summed E-state index contributed by atoms with van der Waals surface area (Å²) in [7, 11) is 3.06. The molecule has 0 radical (unpaired) electrons. The number of carbonyl (C=O) groups is 2. The van der Waals surface area contributed by atoms with E-state index in [0.29, 0.717) is 128 Å². The molecule has 1 aliphatic heterocycles. The van der Waals surface area contributed by atoms with Crippen LogP contribution in [0, 0.1) is 25.5 Å². The summed E-state index contributed by atoms with van der Waals surface area (Å²) in [4.78, 5) is 70.8. The first kappa shape index (κ1) is 82.2. The largest absolute Gasteiger partial charge is 0.504 e. The first-order valence-corrected chi connectivity index (χ1v) is 36.4. The minimum absolute atomic E-state index is 0.0163. The number of nitrogens with two attached hydrogens (primary N) is 1. The maximum Gasteiger partial charge on any atom is 0.420 e. The first-order valence-electron chi connectivity index (χ1n) is 35.6. The maximum atomic E-state index is 13.6. The van der Waals surface area contributed by atoms with Gasteiger partial charge >= 0.3 is 17.5 Å². The molecule has 114 heavy (non-hydrogen) atoms. The maximum absolute atomic E-state index is 13.6. The summed E-state index contributed by atoms with van der Waals surface area (Å²) in [5, 5.41) is 39.3. The van der Waals surface area contributed by atoms with Gasteiger partial charge < -0.3 is 88.6 Å². The Morgan fingerprint density at radius 1 is 0.544 bits per heavy atom. The van der Waals surface area contributed by atoms with E-state index in [0.717, 1.165) is 11.1 Å². The van der Waals surface area contributed by atoms with E-state index in [1.807, 2.05) is 50.5 Å². The Bertz CT molecular complexity index is 5620. The van der Waals surface area contributed by atoms with E-state index in [4.69, 9.17) is 80.8 Å². The van der Waals surface area contributed by atoms with Gasteiger partial charge in [0, 0.05) is 78.5 Å². The number of fused-ring (bicyclic) bond motifs is 4. The smallest absolute Gasteiger partial charge is 0.420 e. The van der Waals surface area contributed by atoms with Crippen molar-refractivity contribution in [1.29, 1.82) is 0 Å². The fourth-order valence-electron chi connectivity index (χ4n) is 11.7. The number of rotatable bonds is 30. The number of carboxylic acid groups (broad SMARTS) is 1. The molecule has 0 bridgehead atoms. The van der Waals surface area contributed by atoms with E-state index in [9.17, 15) is 38.2 Å². The van der Waals surface area contributed by atoms with Gasteiger partial charge in [-0.25, -0.2) is 43.1 Å². The van der Waals surface area contributed by atoms with Crippen LogP contribution in [0.4, 0.5) is 37.5 Å². The topological polar surface area (TPSA) is 369 Å². The van der Waals surface area contributed by atoms with Crippen molar-refractivity contribution < 1.29 is 80.4 Å². The molecule has 13 aromatic rings. The van der Waals surface area contributed by atoms with Crippen LogP contribution < -0.4 is 66.5 Å². The monoisotopic (exact) mass is 1600 g/mol. The van der Waals surface area contributed by atoms with Crippen LogP contribution >= 0.6 is 23.2 Å². The van der Waals surface area contributed by atoms with Crippen LogP contribution in [0.3, 0.4) is 0 Å². The van der Waals surface area contributed by atoms with Crippen molar-refractivity contribution in [3.05, 3.63) is 236 Å². The second kappa shape index (κ2) is 39.9. The van der Waals surface area contributed by atoms with Gasteiger partial charge in [0.25, 0.3) is 5.91 Å². The fraction of sp³-hybridized carbons (Fsp3) is 0.247. The van der Waals surface area contributed by atoms with Gasteiger partial charge in [0.15, 0.2) is 70.4 Å². The third-order valence-corrected chi connectivity index (χ3v) is 17.8. The van der Waals surface area contributed by atoms with Gasteiger partial charge in [-0.05, 0) is 158 Å². The number of carbonyl (C=O) groups excluding carboxylic acids is 1. The van der Waals surface area contributed by atoms with Gasteiger partial charge in [0.05, 0.1) is 85.8 Å². The zero-order valence-corrected chi connectivity index (χ0v) is 63.7. The van der Waals surface area contributed by atoms with Crippen LogP contribution in [-0.4, -0.2) is 155 Å². The number of hydrogen-bond donors (Lipinski definition) is 7. The zero-order valence-electron chi connectivity index (χ0n) is 62.2. The number of oxazole rings is 2. The van der Waals surface area contributed by atoms with Crippen molar-refractivity contribution in [2.45, 2.75) is 39.8 Å². The van der Waals surface area contributed by atoms with Crippen molar-refractivity contribution in [3.8, 4) is 46.0 Å². The van der Waals surface area contributed by atoms with Gasteiger partial charge in [-0.15, -0.1) is 0 Å². The molecular formula is C81H80Cl2F2N12O17. The van der Waals surface area contributed by atoms with Gasteiger partial charge in [-0.2, -0.15) is 0 Å². The molecule has 1 aliphatic rings. The molecule has 14 rings (SSSR count). The number of nitrogens with one attached hydrogen (secondary N) is 3. The van der Waals surface area contributed by atoms with Crippen LogP contribution in [-0.2, 0) is 32.2 Å². The highest BCUT2D eigenvalue weighted by Crippen LogP contribution is 2.38. The highest BCUT2D eigenvalue weighted by atomic mass is 35.5.